The second-order valence-electron chi connectivity index (χ2n) is 8.82. The van der Waals surface area contributed by atoms with E-state index in [4.69, 9.17) is 4.42 Å². The van der Waals surface area contributed by atoms with Gasteiger partial charge in [-0.1, -0.05) is 53.9 Å². The van der Waals surface area contributed by atoms with Crippen molar-refractivity contribution >= 4 is 16.8 Å². The largest absolute Gasteiger partial charge is 0.507 e. The van der Waals surface area contributed by atoms with Crippen LogP contribution in [0.2, 0.25) is 0 Å². The first kappa shape index (κ1) is 18.0. The van der Waals surface area contributed by atoms with Gasteiger partial charge < -0.3 is 9.52 Å². The number of ketones is 1. The Morgan fingerprint density at radius 1 is 1.24 bits per heavy atom. The molecule has 0 unspecified atom stereocenters. The van der Waals surface area contributed by atoms with Crippen molar-refractivity contribution in [3.63, 3.8) is 0 Å². The Morgan fingerprint density at radius 2 is 1.96 bits per heavy atom. The fraction of sp³-hybridized carbons (Fsp3) is 0.591. The first-order valence-electron chi connectivity index (χ1n) is 9.51. The standard InChI is InChI=1S/C22H30O3/c1-6-7-8-10-21(2,3)14-12-16(24)18-17(13-14)25-20-15(23)9-11-22(4,5)19(18)20/h12-13,24H,6-11H2,1-5H3. The Hall–Kier alpha value is -1.77. The van der Waals surface area contributed by atoms with Crippen LogP contribution < -0.4 is 0 Å². The minimum atomic E-state index is -0.163. The van der Waals surface area contributed by atoms with Gasteiger partial charge in [0.2, 0.25) is 0 Å². The van der Waals surface area contributed by atoms with Crippen LogP contribution in [0.4, 0.5) is 0 Å². The van der Waals surface area contributed by atoms with Crippen molar-refractivity contribution in [2.24, 2.45) is 0 Å². The molecule has 3 nitrogen and oxygen atoms in total. The van der Waals surface area contributed by atoms with E-state index in [9.17, 15) is 9.90 Å². The van der Waals surface area contributed by atoms with Crippen LogP contribution in [0.3, 0.4) is 0 Å². The predicted molar refractivity (Wildman–Crippen MR) is 102 cm³/mol. The maximum Gasteiger partial charge on any atom is 0.198 e. The molecule has 1 aromatic carbocycles. The minimum Gasteiger partial charge on any atom is -0.507 e. The molecule has 0 aliphatic heterocycles. The van der Waals surface area contributed by atoms with E-state index < -0.39 is 0 Å². The van der Waals surface area contributed by atoms with E-state index in [-0.39, 0.29) is 22.4 Å². The maximum absolute atomic E-state index is 12.3. The summed E-state index contributed by atoms with van der Waals surface area (Å²) in [6, 6.07) is 3.90. The van der Waals surface area contributed by atoms with E-state index >= 15 is 0 Å². The highest BCUT2D eigenvalue weighted by Crippen LogP contribution is 2.47. The monoisotopic (exact) mass is 342 g/mol. The van der Waals surface area contributed by atoms with Crippen molar-refractivity contribution in [1.29, 1.82) is 0 Å². The molecule has 136 valence electrons. The van der Waals surface area contributed by atoms with E-state index in [1.54, 1.807) is 0 Å². The van der Waals surface area contributed by atoms with Gasteiger partial charge in [-0.2, -0.15) is 0 Å². The lowest BCUT2D eigenvalue weighted by atomic mass is 9.73. The molecule has 1 N–H and O–H groups in total. The van der Waals surface area contributed by atoms with Gasteiger partial charge in [-0.25, -0.2) is 0 Å². The van der Waals surface area contributed by atoms with Crippen molar-refractivity contribution in [1.82, 2.24) is 0 Å². The quantitative estimate of drug-likeness (QED) is 0.653. The van der Waals surface area contributed by atoms with Crippen molar-refractivity contribution in [3.8, 4) is 5.75 Å². The predicted octanol–water partition coefficient (Wildman–Crippen LogP) is 6.25. The summed E-state index contributed by atoms with van der Waals surface area (Å²) >= 11 is 0. The smallest absolute Gasteiger partial charge is 0.198 e. The third-order valence-corrected chi connectivity index (χ3v) is 5.86. The number of hydrogen-bond acceptors (Lipinski definition) is 3. The van der Waals surface area contributed by atoms with Gasteiger partial charge in [0.05, 0.1) is 5.39 Å². The van der Waals surface area contributed by atoms with E-state index in [0.29, 0.717) is 17.8 Å². The van der Waals surface area contributed by atoms with Gasteiger partial charge in [0.1, 0.15) is 11.3 Å². The molecule has 0 fully saturated rings. The highest BCUT2D eigenvalue weighted by Gasteiger charge is 2.38. The lowest BCUT2D eigenvalue weighted by molar-refractivity contribution is 0.0928. The van der Waals surface area contributed by atoms with Gasteiger partial charge in [-0.15, -0.1) is 0 Å². The molecule has 25 heavy (non-hydrogen) atoms. The van der Waals surface area contributed by atoms with Gasteiger partial charge in [0.25, 0.3) is 0 Å². The van der Waals surface area contributed by atoms with Crippen molar-refractivity contribution < 1.29 is 14.3 Å². The van der Waals surface area contributed by atoms with Gasteiger partial charge >= 0.3 is 0 Å². The number of phenols is 1. The second kappa shape index (κ2) is 6.19. The maximum atomic E-state index is 12.3. The number of fused-ring (bicyclic) bond motifs is 3. The van der Waals surface area contributed by atoms with Crippen LogP contribution in [0.15, 0.2) is 16.5 Å². The normalized spacial score (nSPS) is 17.1. The van der Waals surface area contributed by atoms with Crippen LogP contribution in [-0.2, 0) is 10.8 Å². The molecular weight excluding hydrogens is 312 g/mol. The number of carbonyl (C=O) groups is 1. The molecule has 0 saturated heterocycles. The summed E-state index contributed by atoms with van der Waals surface area (Å²) in [5.41, 5.74) is 2.40. The van der Waals surface area contributed by atoms with Gasteiger partial charge in [-0.3, -0.25) is 4.79 Å². The van der Waals surface area contributed by atoms with E-state index in [2.05, 4.69) is 34.6 Å². The van der Waals surface area contributed by atoms with E-state index in [1.807, 2.05) is 12.1 Å². The van der Waals surface area contributed by atoms with Gasteiger partial charge in [0, 0.05) is 12.0 Å². The molecule has 1 heterocycles. The van der Waals surface area contributed by atoms with E-state index in [0.717, 1.165) is 29.4 Å². The molecule has 0 radical (unpaired) electrons. The van der Waals surface area contributed by atoms with Crippen LogP contribution in [0.25, 0.3) is 11.0 Å². The highest BCUT2D eigenvalue weighted by molar-refractivity contribution is 6.04. The molecule has 1 aromatic heterocycles. The number of benzene rings is 1. The molecule has 0 bridgehead atoms. The van der Waals surface area contributed by atoms with Crippen LogP contribution in [0.1, 0.15) is 94.8 Å². The topological polar surface area (TPSA) is 50.4 Å². The SMILES string of the molecule is CCCCCC(C)(C)c1cc(O)c2c3c(oc2c1)C(=O)CCC3(C)C. The summed E-state index contributed by atoms with van der Waals surface area (Å²) in [5, 5.41) is 11.5. The van der Waals surface area contributed by atoms with Crippen molar-refractivity contribution in [2.45, 2.75) is 84.0 Å². The number of Topliss-reactive ketones (excluding diaryl/α,β-unsaturated/α-hetero) is 1. The third-order valence-electron chi connectivity index (χ3n) is 5.86. The van der Waals surface area contributed by atoms with Crippen LogP contribution in [-0.4, -0.2) is 10.9 Å². The second-order valence-corrected chi connectivity index (χ2v) is 8.82. The Kier molecular flexibility index (Phi) is 4.47. The third kappa shape index (κ3) is 3.09. The molecule has 1 aliphatic carbocycles. The average molecular weight is 342 g/mol. The lowest BCUT2D eigenvalue weighted by Gasteiger charge is -2.29. The summed E-state index contributed by atoms with van der Waals surface area (Å²) < 4.78 is 5.97. The molecule has 2 aromatic rings. The zero-order valence-electron chi connectivity index (χ0n) is 16.2. The first-order valence-corrected chi connectivity index (χ1v) is 9.51. The number of carbonyl (C=O) groups excluding carboxylic acids is 1. The molecular formula is C22H30O3. The number of furan rings is 1. The number of phenolic OH excluding ortho intramolecular Hbond substituents is 1. The lowest BCUT2D eigenvalue weighted by Crippen LogP contribution is -2.26. The minimum absolute atomic E-state index is 0.0341. The van der Waals surface area contributed by atoms with Gasteiger partial charge in [-0.05, 0) is 41.4 Å². The van der Waals surface area contributed by atoms with Gasteiger partial charge in [0.15, 0.2) is 11.5 Å². The van der Waals surface area contributed by atoms with Crippen LogP contribution >= 0.6 is 0 Å². The fourth-order valence-electron chi connectivity index (χ4n) is 4.07. The first-order chi connectivity index (χ1) is 11.7. The molecule has 0 atom stereocenters. The fourth-order valence-corrected chi connectivity index (χ4v) is 4.07. The number of hydrogen-bond donors (Lipinski definition) is 1. The average Bonchev–Trinajstić information content (AvgIpc) is 2.93. The summed E-state index contributed by atoms with van der Waals surface area (Å²) in [6.07, 6.45) is 5.95. The zero-order valence-corrected chi connectivity index (χ0v) is 16.2. The van der Waals surface area contributed by atoms with Crippen molar-refractivity contribution in [3.05, 3.63) is 29.0 Å². The number of aromatic hydroxyl groups is 1. The number of unbranched alkanes of at least 4 members (excludes halogenated alkanes) is 2. The molecule has 3 heteroatoms. The number of rotatable bonds is 5. The summed E-state index contributed by atoms with van der Waals surface area (Å²) in [7, 11) is 0. The molecule has 0 amide bonds. The highest BCUT2D eigenvalue weighted by atomic mass is 16.3. The van der Waals surface area contributed by atoms with Crippen molar-refractivity contribution in [2.75, 3.05) is 0 Å². The molecule has 1 aliphatic rings. The van der Waals surface area contributed by atoms with Crippen LogP contribution in [0, 0.1) is 0 Å². The summed E-state index contributed by atoms with van der Waals surface area (Å²) in [4.78, 5) is 12.3. The molecule has 3 rings (SSSR count). The Balaban J connectivity index is 2.11. The molecule has 0 saturated carbocycles. The Labute approximate surface area is 150 Å². The van der Waals surface area contributed by atoms with Crippen LogP contribution in [0.5, 0.6) is 5.75 Å². The summed E-state index contributed by atoms with van der Waals surface area (Å²) in [5.74, 6) is 0.736. The van der Waals surface area contributed by atoms with E-state index in [1.165, 1.54) is 19.3 Å². The zero-order chi connectivity index (χ0) is 18.4. The Morgan fingerprint density at radius 3 is 2.64 bits per heavy atom. The Bertz CT molecular complexity index is 808. The molecule has 0 spiro atoms. The summed E-state index contributed by atoms with van der Waals surface area (Å²) in [6.45, 7) is 10.9.